The lowest BCUT2D eigenvalue weighted by Crippen LogP contribution is -1.84. The summed E-state index contributed by atoms with van der Waals surface area (Å²) < 4.78 is 0. The predicted octanol–water partition coefficient (Wildman–Crippen LogP) is 8.77. The number of hydrogen-bond donors (Lipinski definition) is 2. The summed E-state index contributed by atoms with van der Waals surface area (Å²) in [4.78, 5) is 27.9. The topological polar surface area (TPSA) is 83.1 Å². The number of benzene rings is 6. The minimum atomic E-state index is 0.638. The van der Waals surface area contributed by atoms with Crippen LogP contribution < -0.4 is 0 Å². The van der Waals surface area contributed by atoms with Crippen molar-refractivity contribution in [1.29, 1.82) is 0 Å². The zero-order valence-electron chi connectivity index (χ0n) is 22.2. The summed E-state index contributed by atoms with van der Waals surface area (Å²) in [6.07, 6.45) is 0. The third-order valence-electron chi connectivity index (χ3n) is 8.58. The van der Waals surface area contributed by atoms with E-state index in [0.29, 0.717) is 11.6 Å². The van der Waals surface area contributed by atoms with Crippen LogP contribution in [0.15, 0.2) is 109 Å². The molecule has 6 nitrogen and oxygen atoms in total. The van der Waals surface area contributed by atoms with Crippen molar-refractivity contribution < 1.29 is 0 Å². The maximum absolute atomic E-state index is 5.24. The predicted molar refractivity (Wildman–Crippen MR) is 171 cm³/mol. The maximum atomic E-state index is 5.24. The van der Waals surface area contributed by atoms with Crippen LogP contribution in [0.2, 0.25) is 0 Å². The standard InChI is InChI=1S/C36H20N6/c1-4-10-22-19(7-1)13-16-25-28(22)34-37-31(25)41-35-30-24-12-6-3-9-21(24)15-18-27(30)33(39-35)42-36-29-23-11-5-2-8-20(23)14-17-26(29)32(38-36)40-34/h1-18H,(H2,37,38,39,40,41,42). The summed E-state index contributed by atoms with van der Waals surface area (Å²) in [5.41, 5.74) is 4.93. The monoisotopic (exact) mass is 536 g/mol. The molecule has 0 radical (unpaired) electrons. The van der Waals surface area contributed by atoms with Gasteiger partial charge in [0.2, 0.25) is 0 Å². The van der Waals surface area contributed by atoms with Crippen molar-refractivity contribution in [2.45, 2.75) is 0 Å². The molecule has 6 heteroatoms. The van der Waals surface area contributed by atoms with Gasteiger partial charge in [-0.3, -0.25) is 0 Å². The first-order valence-corrected chi connectivity index (χ1v) is 14.0. The number of fused-ring (bicyclic) bond motifs is 21. The Morgan fingerprint density at radius 1 is 0.357 bits per heavy atom. The third kappa shape index (κ3) is 2.87. The molecule has 3 aromatic heterocycles. The summed E-state index contributed by atoms with van der Waals surface area (Å²) in [5.74, 6) is 1.28. The molecule has 4 heterocycles. The molecule has 0 aliphatic carbocycles. The van der Waals surface area contributed by atoms with Crippen LogP contribution in [0.1, 0.15) is 0 Å². The van der Waals surface area contributed by atoms with E-state index in [1.807, 2.05) is 0 Å². The zero-order chi connectivity index (χ0) is 27.4. The number of nitrogens with zero attached hydrogens (tertiary/aromatic N) is 4. The summed E-state index contributed by atoms with van der Waals surface area (Å²) in [6.45, 7) is 0. The highest BCUT2D eigenvalue weighted by Crippen LogP contribution is 2.41. The van der Waals surface area contributed by atoms with Crippen LogP contribution in [0.4, 0.5) is 0 Å². The SMILES string of the molecule is c1ccc2c3c(ccc2c1)-c1nc-3nc2[nH]c(nc3[nH]c(n1)c1c4ccccc4ccc31)c1c3ccccc3ccc21. The Morgan fingerprint density at radius 2 is 0.857 bits per heavy atom. The van der Waals surface area contributed by atoms with Gasteiger partial charge in [0, 0.05) is 32.7 Å². The lowest BCUT2D eigenvalue weighted by atomic mass is 9.99. The Kier molecular flexibility index (Phi) is 4.10. The summed E-state index contributed by atoms with van der Waals surface area (Å²) in [6, 6.07) is 38.0. The minimum absolute atomic E-state index is 0.638. The van der Waals surface area contributed by atoms with Crippen LogP contribution in [0.5, 0.6) is 0 Å². The van der Waals surface area contributed by atoms with Gasteiger partial charge < -0.3 is 9.97 Å². The molecule has 42 heavy (non-hydrogen) atoms. The Hall–Kier alpha value is -5.88. The second kappa shape index (κ2) is 7.86. The Labute approximate surface area is 238 Å². The van der Waals surface area contributed by atoms with Gasteiger partial charge in [0.1, 0.15) is 22.6 Å². The quantitative estimate of drug-likeness (QED) is 0.203. The van der Waals surface area contributed by atoms with Gasteiger partial charge in [0.15, 0.2) is 11.6 Å². The van der Waals surface area contributed by atoms with E-state index in [1.54, 1.807) is 0 Å². The fraction of sp³-hybridized carbons (Fsp3) is 0. The first kappa shape index (κ1) is 21.9. The average molecular weight is 537 g/mol. The van der Waals surface area contributed by atoms with Crippen molar-refractivity contribution in [3.05, 3.63) is 109 Å². The van der Waals surface area contributed by atoms with Crippen molar-refractivity contribution >= 4 is 76.5 Å². The van der Waals surface area contributed by atoms with Crippen molar-refractivity contribution in [1.82, 2.24) is 29.9 Å². The van der Waals surface area contributed by atoms with Crippen molar-refractivity contribution in [3.63, 3.8) is 0 Å². The highest BCUT2D eigenvalue weighted by atomic mass is 15.0. The minimum Gasteiger partial charge on any atom is -0.324 e. The number of H-pyrrole nitrogens is 2. The van der Waals surface area contributed by atoms with Crippen molar-refractivity contribution in [2.75, 3.05) is 0 Å². The van der Waals surface area contributed by atoms with Gasteiger partial charge in [-0.1, -0.05) is 91.0 Å². The van der Waals surface area contributed by atoms with Crippen LogP contribution in [0, 0.1) is 0 Å². The lowest BCUT2D eigenvalue weighted by Gasteiger charge is -2.04. The molecule has 0 atom stereocenters. The lowest BCUT2D eigenvalue weighted by molar-refractivity contribution is 1.21. The summed E-state index contributed by atoms with van der Waals surface area (Å²) in [5, 5.41) is 10.9. The van der Waals surface area contributed by atoms with Crippen LogP contribution in [-0.2, 0) is 0 Å². The second-order valence-electron chi connectivity index (χ2n) is 10.9. The zero-order valence-corrected chi connectivity index (χ0v) is 22.2. The smallest absolute Gasteiger partial charge is 0.165 e. The average Bonchev–Trinajstić information content (AvgIpc) is 3.69. The number of aromatic nitrogens is 6. The molecule has 0 unspecified atom stereocenters. The van der Waals surface area contributed by atoms with E-state index in [9.17, 15) is 0 Å². The van der Waals surface area contributed by atoms with E-state index in [0.717, 1.165) is 87.6 Å². The molecule has 0 amide bonds. The van der Waals surface area contributed by atoms with Gasteiger partial charge >= 0.3 is 0 Å². The molecule has 10 rings (SSSR count). The van der Waals surface area contributed by atoms with Gasteiger partial charge in [-0.05, 0) is 50.5 Å². The van der Waals surface area contributed by atoms with Crippen LogP contribution in [0.3, 0.4) is 0 Å². The first-order valence-electron chi connectivity index (χ1n) is 14.0. The number of aromatic amines is 2. The van der Waals surface area contributed by atoms with E-state index >= 15 is 0 Å². The summed E-state index contributed by atoms with van der Waals surface area (Å²) in [7, 11) is 0. The normalized spacial score (nSPS) is 12.3. The van der Waals surface area contributed by atoms with Crippen LogP contribution in [0.25, 0.3) is 99.2 Å². The maximum Gasteiger partial charge on any atom is 0.165 e. The molecule has 0 saturated heterocycles. The van der Waals surface area contributed by atoms with E-state index in [-0.39, 0.29) is 0 Å². The number of hydrogen-bond acceptors (Lipinski definition) is 4. The molecular weight excluding hydrogens is 516 g/mol. The molecule has 6 bridgehead atoms. The fourth-order valence-electron chi connectivity index (χ4n) is 6.68. The molecule has 6 aromatic carbocycles. The van der Waals surface area contributed by atoms with E-state index in [4.69, 9.17) is 19.9 Å². The fourth-order valence-corrected chi connectivity index (χ4v) is 6.68. The Balaban J connectivity index is 1.50. The van der Waals surface area contributed by atoms with Gasteiger partial charge in [0.05, 0.1) is 0 Å². The molecule has 1 aliphatic rings. The molecule has 194 valence electrons. The molecule has 0 spiro atoms. The number of nitrogens with one attached hydrogen (secondary N) is 2. The van der Waals surface area contributed by atoms with E-state index in [2.05, 4.69) is 119 Å². The summed E-state index contributed by atoms with van der Waals surface area (Å²) >= 11 is 0. The van der Waals surface area contributed by atoms with Crippen LogP contribution in [-0.4, -0.2) is 29.9 Å². The molecule has 0 fully saturated rings. The van der Waals surface area contributed by atoms with Crippen molar-refractivity contribution in [2.24, 2.45) is 0 Å². The number of rotatable bonds is 0. The molecular formula is C36H20N6. The Bertz CT molecular complexity index is 2700. The molecule has 1 aliphatic heterocycles. The second-order valence-corrected chi connectivity index (χ2v) is 10.9. The third-order valence-corrected chi connectivity index (χ3v) is 8.58. The van der Waals surface area contributed by atoms with Crippen LogP contribution >= 0.6 is 0 Å². The van der Waals surface area contributed by atoms with E-state index in [1.165, 1.54) is 0 Å². The highest BCUT2D eigenvalue weighted by molar-refractivity contribution is 6.21. The molecule has 2 N–H and O–H groups in total. The van der Waals surface area contributed by atoms with Gasteiger partial charge in [-0.15, -0.1) is 0 Å². The highest BCUT2D eigenvalue weighted by Gasteiger charge is 2.23. The van der Waals surface area contributed by atoms with Gasteiger partial charge in [-0.2, -0.15) is 0 Å². The van der Waals surface area contributed by atoms with Crippen molar-refractivity contribution in [3.8, 4) is 22.8 Å². The van der Waals surface area contributed by atoms with Gasteiger partial charge in [0.25, 0.3) is 0 Å². The van der Waals surface area contributed by atoms with Gasteiger partial charge in [-0.25, -0.2) is 19.9 Å². The molecule has 0 saturated carbocycles. The largest absolute Gasteiger partial charge is 0.324 e. The molecule has 9 aromatic rings. The van der Waals surface area contributed by atoms with E-state index < -0.39 is 0 Å². The first-order chi connectivity index (χ1) is 20.8. The Morgan fingerprint density at radius 3 is 1.52 bits per heavy atom.